The summed E-state index contributed by atoms with van der Waals surface area (Å²) in [6, 6.07) is 17.7. The van der Waals surface area contributed by atoms with Crippen LogP contribution >= 0.6 is 0 Å². The Morgan fingerprint density at radius 2 is 1.67 bits per heavy atom. The normalized spacial score (nSPS) is 11.3. The van der Waals surface area contributed by atoms with Gasteiger partial charge in [0.1, 0.15) is 17.6 Å². The lowest BCUT2D eigenvalue weighted by atomic mass is 10.1. The van der Waals surface area contributed by atoms with Crippen molar-refractivity contribution in [3.8, 4) is 17.6 Å². The number of nitrogens with zero attached hydrogens (tertiary/aromatic N) is 1. The molecular formula is C17H18N2O2. The van der Waals surface area contributed by atoms with E-state index in [1.165, 1.54) is 0 Å². The first-order valence-electron chi connectivity index (χ1n) is 6.73. The Kier molecular flexibility index (Phi) is 5.05. The lowest BCUT2D eigenvalue weighted by Crippen LogP contribution is -2.06. The summed E-state index contributed by atoms with van der Waals surface area (Å²) in [6.07, 6.45) is 0. The Bertz CT molecular complexity index is 600. The van der Waals surface area contributed by atoms with Gasteiger partial charge in [-0.2, -0.15) is 5.26 Å². The zero-order valence-corrected chi connectivity index (χ0v) is 12.2. The van der Waals surface area contributed by atoms with Crippen LogP contribution in [0.4, 0.5) is 5.69 Å². The number of hydrogen-bond acceptors (Lipinski definition) is 4. The third-order valence-corrected chi connectivity index (χ3v) is 3.16. The van der Waals surface area contributed by atoms with Gasteiger partial charge in [0.2, 0.25) is 0 Å². The van der Waals surface area contributed by atoms with Gasteiger partial charge >= 0.3 is 0 Å². The zero-order chi connectivity index (χ0) is 15.1. The second-order valence-corrected chi connectivity index (χ2v) is 4.61. The molecule has 2 rings (SSSR count). The van der Waals surface area contributed by atoms with Crippen LogP contribution in [0.15, 0.2) is 48.5 Å². The molecule has 0 fully saturated rings. The molecule has 0 aliphatic rings. The molecule has 0 aliphatic carbocycles. The van der Waals surface area contributed by atoms with Gasteiger partial charge in [-0.05, 0) is 48.9 Å². The summed E-state index contributed by atoms with van der Waals surface area (Å²) < 4.78 is 10.4. The van der Waals surface area contributed by atoms with E-state index in [-0.39, 0.29) is 12.6 Å². The van der Waals surface area contributed by atoms with Gasteiger partial charge in [0.15, 0.2) is 6.61 Å². The van der Waals surface area contributed by atoms with Crippen LogP contribution in [-0.2, 0) is 0 Å². The average Bonchev–Trinajstić information content (AvgIpc) is 2.54. The predicted octanol–water partition coefficient (Wildman–Crippen LogP) is 3.77. The van der Waals surface area contributed by atoms with E-state index in [1.807, 2.05) is 54.6 Å². The summed E-state index contributed by atoms with van der Waals surface area (Å²) in [5, 5.41) is 11.9. The Balaban J connectivity index is 1.98. The largest absolute Gasteiger partial charge is 0.497 e. The maximum Gasteiger partial charge on any atom is 0.174 e. The number of ether oxygens (including phenoxy) is 2. The van der Waals surface area contributed by atoms with Crippen LogP contribution in [0.1, 0.15) is 18.5 Å². The van der Waals surface area contributed by atoms with Gasteiger partial charge in [-0.1, -0.05) is 12.1 Å². The SMILES string of the molecule is COc1ccc(NC(C)c2ccc(OCC#N)cc2)cc1. The highest BCUT2D eigenvalue weighted by Crippen LogP contribution is 2.23. The van der Waals surface area contributed by atoms with E-state index >= 15 is 0 Å². The van der Waals surface area contributed by atoms with Gasteiger partial charge in [0.25, 0.3) is 0 Å². The van der Waals surface area contributed by atoms with Crippen molar-refractivity contribution in [2.45, 2.75) is 13.0 Å². The molecule has 21 heavy (non-hydrogen) atoms. The van der Waals surface area contributed by atoms with E-state index in [2.05, 4.69) is 12.2 Å². The van der Waals surface area contributed by atoms with E-state index in [4.69, 9.17) is 14.7 Å². The minimum atomic E-state index is 0.0685. The van der Waals surface area contributed by atoms with Crippen LogP contribution in [0, 0.1) is 11.3 Å². The summed E-state index contributed by atoms with van der Waals surface area (Å²) in [4.78, 5) is 0. The fourth-order valence-electron chi connectivity index (χ4n) is 1.99. The molecule has 1 atom stereocenters. The number of nitriles is 1. The molecule has 0 aliphatic heterocycles. The molecule has 0 heterocycles. The summed E-state index contributed by atoms with van der Waals surface area (Å²) in [5.74, 6) is 1.55. The molecule has 4 heteroatoms. The molecule has 4 nitrogen and oxygen atoms in total. The van der Waals surface area contributed by atoms with Gasteiger partial charge in [-0.3, -0.25) is 0 Å². The second-order valence-electron chi connectivity index (χ2n) is 4.61. The molecule has 0 saturated carbocycles. The van der Waals surface area contributed by atoms with Crippen LogP contribution in [0.2, 0.25) is 0 Å². The van der Waals surface area contributed by atoms with Crippen molar-refractivity contribution >= 4 is 5.69 Å². The third-order valence-electron chi connectivity index (χ3n) is 3.16. The van der Waals surface area contributed by atoms with Crippen molar-refractivity contribution in [2.24, 2.45) is 0 Å². The van der Waals surface area contributed by atoms with E-state index in [0.29, 0.717) is 5.75 Å². The number of rotatable bonds is 6. The fraction of sp³-hybridized carbons (Fsp3) is 0.235. The van der Waals surface area contributed by atoms with E-state index < -0.39 is 0 Å². The standard InChI is InChI=1S/C17H18N2O2/c1-13(19-15-5-9-16(20-2)10-6-15)14-3-7-17(8-4-14)21-12-11-18/h3-10,13,19H,12H2,1-2H3. The van der Waals surface area contributed by atoms with Crippen molar-refractivity contribution in [2.75, 3.05) is 19.0 Å². The van der Waals surface area contributed by atoms with Crippen LogP contribution in [-0.4, -0.2) is 13.7 Å². The average molecular weight is 282 g/mol. The third kappa shape index (κ3) is 4.15. The number of hydrogen-bond donors (Lipinski definition) is 1. The quantitative estimate of drug-likeness (QED) is 0.876. The van der Waals surface area contributed by atoms with Gasteiger partial charge in [-0.15, -0.1) is 0 Å². The molecule has 0 saturated heterocycles. The van der Waals surface area contributed by atoms with E-state index in [0.717, 1.165) is 17.0 Å². The Morgan fingerprint density at radius 3 is 2.24 bits per heavy atom. The highest BCUT2D eigenvalue weighted by molar-refractivity contribution is 5.48. The second kappa shape index (κ2) is 7.20. The minimum absolute atomic E-state index is 0.0685. The number of anilines is 1. The van der Waals surface area contributed by atoms with Gasteiger partial charge in [0, 0.05) is 11.7 Å². The predicted molar refractivity (Wildman–Crippen MR) is 82.6 cm³/mol. The van der Waals surface area contributed by atoms with Crippen molar-refractivity contribution in [1.82, 2.24) is 0 Å². The Labute approximate surface area is 124 Å². The first kappa shape index (κ1) is 14.7. The first-order chi connectivity index (χ1) is 10.2. The molecule has 2 aromatic rings. The molecule has 2 aromatic carbocycles. The van der Waals surface area contributed by atoms with Crippen molar-refractivity contribution in [1.29, 1.82) is 5.26 Å². The highest BCUT2D eigenvalue weighted by Gasteiger charge is 2.05. The summed E-state index contributed by atoms with van der Waals surface area (Å²) in [6.45, 7) is 2.16. The highest BCUT2D eigenvalue weighted by atomic mass is 16.5. The number of benzene rings is 2. The fourth-order valence-corrected chi connectivity index (χ4v) is 1.99. The van der Waals surface area contributed by atoms with Crippen LogP contribution in [0.3, 0.4) is 0 Å². The lowest BCUT2D eigenvalue weighted by Gasteiger charge is -2.16. The molecule has 108 valence electrons. The maximum absolute atomic E-state index is 8.48. The number of methoxy groups -OCH3 is 1. The van der Waals surface area contributed by atoms with Gasteiger partial charge < -0.3 is 14.8 Å². The topological polar surface area (TPSA) is 54.3 Å². The monoisotopic (exact) mass is 282 g/mol. The summed E-state index contributed by atoms with van der Waals surface area (Å²) in [7, 11) is 1.65. The molecular weight excluding hydrogens is 264 g/mol. The lowest BCUT2D eigenvalue weighted by molar-refractivity contribution is 0.368. The molecule has 0 aromatic heterocycles. The van der Waals surface area contributed by atoms with Crippen LogP contribution < -0.4 is 14.8 Å². The maximum atomic E-state index is 8.48. The first-order valence-corrected chi connectivity index (χ1v) is 6.73. The Morgan fingerprint density at radius 1 is 1.05 bits per heavy atom. The summed E-state index contributed by atoms with van der Waals surface area (Å²) >= 11 is 0. The molecule has 0 amide bonds. The molecule has 0 radical (unpaired) electrons. The molecule has 0 bridgehead atoms. The smallest absolute Gasteiger partial charge is 0.174 e. The molecule has 1 unspecified atom stereocenters. The summed E-state index contributed by atoms with van der Waals surface area (Å²) in [5.41, 5.74) is 2.18. The van der Waals surface area contributed by atoms with Crippen LogP contribution in [0.5, 0.6) is 11.5 Å². The molecule has 0 spiro atoms. The van der Waals surface area contributed by atoms with E-state index in [1.54, 1.807) is 7.11 Å². The number of nitrogens with one attached hydrogen (secondary N) is 1. The van der Waals surface area contributed by atoms with Gasteiger partial charge in [0.05, 0.1) is 7.11 Å². The van der Waals surface area contributed by atoms with Gasteiger partial charge in [-0.25, -0.2) is 0 Å². The zero-order valence-electron chi connectivity index (χ0n) is 12.2. The Hall–Kier alpha value is -2.67. The van der Waals surface area contributed by atoms with Crippen molar-refractivity contribution in [3.63, 3.8) is 0 Å². The van der Waals surface area contributed by atoms with Crippen molar-refractivity contribution in [3.05, 3.63) is 54.1 Å². The molecule has 1 N–H and O–H groups in total. The van der Waals surface area contributed by atoms with Crippen LogP contribution in [0.25, 0.3) is 0 Å². The minimum Gasteiger partial charge on any atom is -0.497 e. The van der Waals surface area contributed by atoms with Crippen molar-refractivity contribution < 1.29 is 9.47 Å². The van der Waals surface area contributed by atoms with E-state index in [9.17, 15) is 0 Å².